The Morgan fingerprint density at radius 1 is 1.29 bits per heavy atom. The van der Waals surface area contributed by atoms with Crippen LogP contribution < -0.4 is 4.74 Å². The third-order valence-corrected chi connectivity index (χ3v) is 4.21. The van der Waals surface area contributed by atoms with Gasteiger partial charge in [-0.1, -0.05) is 0 Å². The van der Waals surface area contributed by atoms with Crippen LogP contribution in [0, 0.1) is 0 Å². The number of sulfone groups is 1. The van der Waals surface area contributed by atoms with Crippen molar-refractivity contribution < 1.29 is 17.9 Å². The van der Waals surface area contributed by atoms with Gasteiger partial charge in [0.1, 0.15) is 0 Å². The summed E-state index contributed by atoms with van der Waals surface area (Å²) in [7, 11) is -1.81. The smallest absolute Gasteiger partial charge is 0.214 e. The van der Waals surface area contributed by atoms with Crippen molar-refractivity contribution in [2.75, 3.05) is 13.4 Å². The third-order valence-electron chi connectivity index (χ3n) is 3.09. The zero-order valence-corrected chi connectivity index (χ0v) is 12.8. The lowest BCUT2D eigenvalue weighted by atomic mass is 10.1. The highest BCUT2D eigenvalue weighted by Gasteiger charge is 2.20. The summed E-state index contributed by atoms with van der Waals surface area (Å²) >= 11 is 0. The summed E-state index contributed by atoms with van der Waals surface area (Å²) in [6, 6.07) is 5.82. The Hall–Kier alpha value is -2.15. The van der Waals surface area contributed by atoms with Gasteiger partial charge in [0, 0.05) is 18.4 Å². The summed E-state index contributed by atoms with van der Waals surface area (Å²) in [5.74, 6) is 0.139. The van der Waals surface area contributed by atoms with Gasteiger partial charge in [-0.05, 0) is 31.2 Å². The fraction of sp³-hybridized carbons (Fsp3) is 0.286. The van der Waals surface area contributed by atoms with Crippen molar-refractivity contribution in [1.29, 1.82) is 0 Å². The van der Waals surface area contributed by atoms with Gasteiger partial charge in [-0.15, -0.1) is 0 Å². The molecule has 21 heavy (non-hydrogen) atoms. The number of ketones is 1. The van der Waals surface area contributed by atoms with E-state index in [0.717, 1.165) is 6.26 Å². The molecule has 0 aliphatic heterocycles. The average Bonchev–Trinajstić information content (AvgIpc) is 2.88. The Balaban J connectivity index is 2.43. The van der Waals surface area contributed by atoms with Gasteiger partial charge in [-0.2, -0.15) is 5.10 Å². The number of methoxy groups -OCH3 is 1. The largest absolute Gasteiger partial charge is 0.493 e. The lowest BCUT2D eigenvalue weighted by Crippen LogP contribution is -2.12. The summed E-state index contributed by atoms with van der Waals surface area (Å²) in [6.45, 7) is 2.40. The molecule has 0 spiro atoms. The lowest BCUT2D eigenvalue weighted by molar-refractivity contribution is 0.102. The van der Waals surface area contributed by atoms with E-state index in [1.54, 1.807) is 4.68 Å². The van der Waals surface area contributed by atoms with Crippen molar-refractivity contribution in [2.45, 2.75) is 18.4 Å². The molecule has 0 saturated carbocycles. The summed E-state index contributed by atoms with van der Waals surface area (Å²) < 4.78 is 29.5. The topological polar surface area (TPSA) is 78.3 Å². The molecule has 0 bridgehead atoms. The van der Waals surface area contributed by atoms with Gasteiger partial charge < -0.3 is 4.74 Å². The van der Waals surface area contributed by atoms with Gasteiger partial charge in [0.25, 0.3) is 0 Å². The van der Waals surface area contributed by atoms with Gasteiger partial charge in [0.05, 0.1) is 18.2 Å². The number of aromatic nitrogens is 2. The predicted octanol–water partition coefficient (Wildman–Crippen LogP) is 1.55. The Morgan fingerprint density at radius 2 is 1.90 bits per heavy atom. The number of ether oxygens (including phenoxy) is 1. The fourth-order valence-electron chi connectivity index (χ4n) is 1.98. The van der Waals surface area contributed by atoms with Crippen molar-refractivity contribution in [3.8, 4) is 5.75 Å². The van der Waals surface area contributed by atoms with Crippen LogP contribution in [0.15, 0.2) is 35.4 Å². The number of rotatable bonds is 5. The summed E-state index contributed by atoms with van der Waals surface area (Å²) in [5.41, 5.74) is 0.739. The number of hydrogen-bond donors (Lipinski definition) is 0. The first-order valence-corrected chi connectivity index (χ1v) is 8.22. The van der Waals surface area contributed by atoms with E-state index in [9.17, 15) is 13.2 Å². The number of aryl methyl sites for hydroxylation is 1. The van der Waals surface area contributed by atoms with Crippen LogP contribution in [0.1, 0.15) is 23.0 Å². The molecule has 0 unspecified atom stereocenters. The van der Waals surface area contributed by atoms with E-state index >= 15 is 0 Å². The lowest BCUT2D eigenvalue weighted by Gasteiger charge is -2.07. The van der Waals surface area contributed by atoms with Crippen LogP contribution >= 0.6 is 0 Å². The Labute approximate surface area is 123 Å². The molecule has 112 valence electrons. The summed E-state index contributed by atoms with van der Waals surface area (Å²) in [5, 5.41) is 4.08. The third kappa shape index (κ3) is 2.97. The number of benzene rings is 1. The minimum Gasteiger partial charge on any atom is -0.493 e. The normalized spacial score (nSPS) is 11.4. The van der Waals surface area contributed by atoms with Gasteiger partial charge >= 0.3 is 0 Å². The fourth-order valence-corrected chi connectivity index (χ4v) is 2.61. The molecule has 2 rings (SSSR count). The van der Waals surface area contributed by atoms with E-state index in [4.69, 9.17) is 4.74 Å². The first-order chi connectivity index (χ1) is 9.88. The van der Waals surface area contributed by atoms with E-state index < -0.39 is 9.84 Å². The van der Waals surface area contributed by atoms with Gasteiger partial charge in [0.2, 0.25) is 5.78 Å². The minimum atomic E-state index is -3.28. The zero-order chi connectivity index (χ0) is 15.6. The van der Waals surface area contributed by atoms with Crippen LogP contribution in [0.5, 0.6) is 5.75 Å². The van der Waals surface area contributed by atoms with Gasteiger partial charge in [-0.25, -0.2) is 8.42 Å². The molecular weight excluding hydrogens is 292 g/mol. The molecule has 0 aliphatic carbocycles. The number of carbonyl (C=O) groups excluding carboxylic acids is 1. The molecule has 1 aromatic carbocycles. The first-order valence-electron chi connectivity index (χ1n) is 6.33. The van der Waals surface area contributed by atoms with Gasteiger partial charge in [-0.3, -0.25) is 9.48 Å². The highest BCUT2D eigenvalue weighted by molar-refractivity contribution is 7.90. The number of nitrogens with zero attached hydrogens (tertiary/aromatic N) is 2. The molecule has 0 atom stereocenters. The maximum atomic E-state index is 12.5. The van der Waals surface area contributed by atoms with Crippen molar-refractivity contribution in [3.63, 3.8) is 0 Å². The maximum absolute atomic E-state index is 12.5. The van der Waals surface area contributed by atoms with Crippen LogP contribution in [0.25, 0.3) is 0 Å². The highest BCUT2D eigenvalue weighted by atomic mass is 32.2. The first kappa shape index (κ1) is 15.2. The molecule has 1 heterocycles. The van der Waals surface area contributed by atoms with E-state index in [2.05, 4.69) is 5.10 Å². The molecule has 0 saturated heterocycles. The van der Waals surface area contributed by atoms with Crippen LogP contribution in [-0.2, 0) is 16.4 Å². The Bertz CT molecular complexity index is 739. The molecule has 0 fully saturated rings. The Kier molecular flexibility index (Phi) is 4.13. The molecule has 0 amide bonds. The predicted molar refractivity (Wildman–Crippen MR) is 77.4 cm³/mol. The van der Waals surface area contributed by atoms with Crippen LogP contribution in [-0.4, -0.2) is 37.3 Å². The van der Waals surface area contributed by atoms with Crippen LogP contribution in [0.2, 0.25) is 0 Å². The van der Waals surface area contributed by atoms with Crippen molar-refractivity contribution >= 4 is 15.6 Å². The monoisotopic (exact) mass is 308 g/mol. The van der Waals surface area contributed by atoms with Crippen LogP contribution in [0.3, 0.4) is 0 Å². The van der Waals surface area contributed by atoms with Gasteiger partial charge in [0.15, 0.2) is 21.3 Å². The van der Waals surface area contributed by atoms with E-state index in [1.807, 2.05) is 6.92 Å². The number of hydrogen-bond acceptors (Lipinski definition) is 5. The van der Waals surface area contributed by atoms with Crippen molar-refractivity contribution in [3.05, 3.63) is 41.7 Å². The van der Waals surface area contributed by atoms with Crippen LogP contribution in [0.4, 0.5) is 0 Å². The molecular formula is C14H16N2O4S. The second kappa shape index (κ2) is 5.69. The Morgan fingerprint density at radius 3 is 2.38 bits per heavy atom. The molecule has 0 aliphatic rings. The molecule has 2 aromatic rings. The number of carbonyl (C=O) groups is 1. The molecule has 6 nitrogen and oxygen atoms in total. The molecule has 1 aromatic heterocycles. The molecule has 0 N–H and O–H groups in total. The van der Waals surface area contributed by atoms with Crippen molar-refractivity contribution in [2.24, 2.45) is 0 Å². The SMILES string of the molecule is CCn1ncc(OC)c1C(=O)c1ccc(S(C)(=O)=O)cc1. The quantitative estimate of drug-likeness (QED) is 0.783. The maximum Gasteiger partial charge on any atom is 0.214 e. The zero-order valence-electron chi connectivity index (χ0n) is 12.0. The molecule has 0 radical (unpaired) electrons. The second-order valence-corrected chi connectivity index (χ2v) is 6.52. The van der Waals surface area contributed by atoms with E-state index in [1.165, 1.54) is 37.6 Å². The average molecular weight is 308 g/mol. The summed E-state index contributed by atoms with van der Waals surface area (Å²) in [6.07, 6.45) is 2.61. The minimum absolute atomic E-state index is 0.176. The standard InChI is InChI=1S/C14H16N2O4S/c1-4-16-13(12(20-2)9-15-16)14(17)10-5-7-11(8-6-10)21(3,18)19/h5-9H,4H2,1-3H3. The summed E-state index contributed by atoms with van der Waals surface area (Å²) in [4.78, 5) is 12.7. The van der Waals surface area contributed by atoms with Crippen molar-refractivity contribution in [1.82, 2.24) is 9.78 Å². The van der Waals surface area contributed by atoms with E-state index in [0.29, 0.717) is 23.6 Å². The second-order valence-electron chi connectivity index (χ2n) is 4.50. The highest BCUT2D eigenvalue weighted by Crippen LogP contribution is 2.22. The molecule has 7 heteroatoms. The van der Waals surface area contributed by atoms with E-state index in [-0.39, 0.29) is 10.7 Å².